The highest BCUT2D eigenvalue weighted by Gasteiger charge is 2.36. The number of carbonyl (C=O) groups is 4. The van der Waals surface area contributed by atoms with Crippen molar-refractivity contribution in [2.45, 2.75) is 31.0 Å². The first-order valence-electron chi connectivity index (χ1n) is 9.56. The number of esters is 1. The molecule has 9 nitrogen and oxygen atoms in total. The van der Waals surface area contributed by atoms with Gasteiger partial charge in [-0.1, -0.05) is 6.07 Å². The Bertz CT molecular complexity index is 913. The van der Waals surface area contributed by atoms with Gasteiger partial charge in [-0.15, -0.1) is 0 Å². The molecule has 1 aromatic rings. The molecule has 32 heavy (non-hydrogen) atoms. The van der Waals surface area contributed by atoms with E-state index in [0.29, 0.717) is 11.8 Å². The normalized spacial score (nSPS) is 24.0. The van der Waals surface area contributed by atoms with Gasteiger partial charge in [-0.05, 0) is 18.2 Å². The number of nitrogens with one attached hydrogen (secondary N) is 2. The zero-order valence-electron chi connectivity index (χ0n) is 16.6. The number of alkyl halides is 3. The van der Waals surface area contributed by atoms with Crippen LogP contribution in [0.3, 0.4) is 0 Å². The number of thioether (sulfide) groups is 1. The van der Waals surface area contributed by atoms with Crippen LogP contribution in [0.2, 0.25) is 0 Å². The molecule has 2 aliphatic rings. The summed E-state index contributed by atoms with van der Waals surface area (Å²) in [6.45, 7) is -0.178. The van der Waals surface area contributed by atoms with Gasteiger partial charge in [0.15, 0.2) is 0 Å². The van der Waals surface area contributed by atoms with Gasteiger partial charge in [-0.2, -0.15) is 24.9 Å². The molecule has 1 aromatic carbocycles. The quantitative estimate of drug-likeness (QED) is 0.517. The molecule has 0 bridgehead atoms. The number of hydrogen-bond acceptors (Lipinski definition) is 7. The van der Waals surface area contributed by atoms with Crippen molar-refractivity contribution < 1.29 is 42.2 Å². The van der Waals surface area contributed by atoms with E-state index in [9.17, 15) is 37.5 Å². The number of aliphatic hydroxyl groups is 1. The number of carbonyl (C=O) groups excluding carboxylic acids is 4. The molecular weight excluding hydrogens is 455 g/mol. The second-order valence-electron chi connectivity index (χ2n) is 7.20. The summed E-state index contributed by atoms with van der Waals surface area (Å²) in [7, 11) is 0. The van der Waals surface area contributed by atoms with Crippen LogP contribution in [0.4, 0.5) is 13.2 Å². The SMILES string of the molecule is O=C(CN1CCSCC(NC(=O)c2cccc(C(F)(F)F)c2)C1=O)NC1CC(=O)OC1O. The Balaban J connectivity index is 1.62. The van der Waals surface area contributed by atoms with Gasteiger partial charge in [-0.25, -0.2) is 0 Å². The van der Waals surface area contributed by atoms with Gasteiger partial charge in [0.25, 0.3) is 5.91 Å². The maximum absolute atomic E-state index is 12.9. The van der Waals surface area contributed by atoms with E-state index >= 15 is 0 Å². The molecule has 0 saturated carbocycles. The summed E-state index contributed by atoms with van der Waals surface area (Å²) < 4.78 is 43.2. The van der Waals surface area contributed by atoms with Crippen molar-refractivity contribution in [3.8, 4) is 0 Å². The molecule has 13 heteroatoms. The number of rotatable bonds is 5. The molecule has 3 rings (SSSR count). The molecule has 3 amide bonds. The summed E-state index contributed by atoms with van der Waals surface area (Å²) in [6, 6.07) is 1.88. The van der Waals surface area contributed by atoms with Crippen molar-refractivity contribution in [2.24, 2.45) is 0 Å². The van der Waals surface area contributed by atoms with Crippen molar-refractivity contribution in [1.82, 2.24) is 15.5 Å². The molecule has 2 aliphatic heterocycles. The predicted octanol–water partition coefficient (Wildman–Crippen LogP) is 0.129. The van der Waals surface area contributed by atoms with Crippen LogP contribution < -0.4 is 10.6 Å². The molecule has 0 aromatic heterocycles. The second-order valence-corrected chi connectivity index (χ2v) is 8.35. The predicted molar refractivity (Wildman–Crippen MR) is 105 cm³/mol. The minimum atomic E-state index is -4.61. The Morgan fingerprint density at radius 2 is 2.00 bits per heavy atom. The average molecular weight is 475 g/mol. The lowest BCUT2D eigenvalue weighted by Crippen LogP contribution is -2.52. The molecule has 174 valence electrons. The van der Waals surface area contributed by atoms with Crippen LogP contribution in [-0.4, -0.2) is 76.7 Å². The van der Waals surface area contributed by atoms with Gasteiger partial charge in [0, 0.05) is 23.6 Å². The lowest BCUT2D eigenvalue weighted by Gasteiger charge is -2.25. The third kappa shape index (κ3) is 5.91. The van der Waals surface area contributed by atoms with Gasteiger partial charge in [0.1, 0.15) is 12.1 Å². The highest BCUT2D eigenvalue weighted by Crippen LogP contribution is 2.29. The zero-order chi connectivity index (χ0) is 23.5. The minimum Gasteiger partial charge on any atom is -0.434 e. The van der Waals surface area contributed by atoms with E-state index in [1.165, 1.54) is 22.7 Å². The van der Waals surface area contributed by atoms with Crippen molar-refractivity contribution >= 4 is 35.5 Å². The zero-order valence-corrected chi connectivity index (χ0v) is 17.4. The highest BCUT2D eigenvalue weighted by atomic mass is 32.2. The van der Waals surface area contributed by atoms with Gasteiger partial charge in [-0.3, -0.25) is 19.2 Å². The molecule has 3 unspecified atom stereocenters. The minimum absolute atomic E-state index is 0.186. The Kier molecular flexibility index (Phi) is 7.29. The Hall–Kier alpha value is -2.80. The van der Waals surface area contributed by atoms with Crippen LogP contribution in [0.5, 0.6) is 0 Å². The first kappa shape index (κ1) is 23.9. The Morgan fingerprint density at radius 3 is 2.66 bits per heavy atom. The van der Waals surface area contributed by atoms with Gasteiger partial charge in [0.2, 0.25) is 18.1 Å². The van der Waals surface area contributed by atoms with Crippen molar-refractivity contribution in [1.29, 1.82) is 0 Å². The van der Waals surface area contributed by atoms with Gasteiger partial charge in [0.05, 0.1) is 18.5 Å². The monoisotopic (exact) mass is 475 g/mol. The van der Waals surface area contributed by atoms with Crippen molar-refractivity contribution in [3.05, 3.63) is 35.4 Å². The van der Waals surface area contributed by atoms with Gasteiger partial charge < -0.3 is 25.4 Å². The summed E-state index contributed by atoms with van der Waals surface area (Å²) in [5.74, 6) is -2.04. The van der Waals surface area contributed by atoms with E-state index in [2.05, 4.69) is 15.4 Å². The number of amides is 3. The summed E-state index contributed by atoms with van der Waals surface area (Å²) in [5, 5.41) is 14.4. The molecule has 3 N–H and O–H groups in total. The summed E-state index contributed by atoms with van der Waals surface area (Å²) in [6.07, 6.45) is -6.29. The van der Waals surface area contributed by atoms with E-state index in [4.69, 9.17) is 0 Å². The Labute approximate surface area is 184 Å². The first-order chi connectivity index (χ1) is 15.0. The highest BCUT2D eigenvalue weighted by molar-refractivity contribution is 7.99. The lowest BCUT2D eigenvalue weighted by atomic mass is 10.1. The number of aliphatic hydroxyl groups excluding tert-OH is 1. The molecule has 3 atom stereocenters. The maximum Gasteiger partial charge on any atom is 0.416 e. The van der Waals surface area contributed by atoms with Crippen molar-refractivity contribution in [2.75, 3.05) is 24.6 Å². The fourth-order valence-electron chi connectivity index (χ4n) is 3.21. The van der Waals surface area contributed by atoms with Gasteiger partial charge >= 0.3 is 12.1 Å². The fourth-order valence-corrected chi connectivity index (χ4v) is 4.19. The molecule has 2 heterocycles. The number of cyclic esters (lactones) is 1. The number of ether oxygens (including phenoxy) is 1. The number of nitrogens with zero attached hydrogens (tertiary/aromatic N) is 1. The number of benzene rings is 1. The first-order valence-corrected chi connectivity index (χ1v) is 10.7. The molecule has 0 aliphatic carbocycles. The largest absolute Gasteiger partial charge is 0.434 e. The number of halogens is 3. The number of hydrogen-bond donors (Lipinski definition) is 3. The van der Waals surface area contributed by atoms with Crippen molar-refractivity contribution in [3.63, 3.8) is 0 Å². The third-order valence-electron chi connectivity index (χ3n) is 4.82. The van der Waals surface area contributed by atoms with Crippen LogP contribution in [-0.2, 0) is 25.3 Å². The molecule has 2 fully saturated rings. The molecule has 2 saturated heterocycles. The lowest BCUT2D eigenvalue weighted by molar-refractivity contribution is -0.155. The van der Waals surface area contributed by atoms with E-state index in [0.717, 1.165) is 12.1 Å². The van der Waals surface area contributed by atoms with Crippen LogP contribution in [0.25, 0.3) is 0 Å². The van der Waals surface area contributed by atoms with Crippen LogP contribution in [0, 0.1) is 0 Å². The second kappa shape index (κ2) is 9.77. The summed E-state index contributed by atoms with van der Waals surface area (Å²) in [4.78, 5) is 50.0. The van der Waals surface area contributed by atoms with E-state index in [-0.39, 0.29) is 30.8 Å². The standard InChI is InChI=1S/C19H20F3N3O6S/c20-19(21,22)11-3-1-2-10(6-11)16(28)24-13-9-32-5-4-25(17(13)29)8-14(26)23-12-7-15(27)31-18(12)30/h1-3,6,12-13,18,30H,4-5,7-9H2,(H,23,26)(H,24,28). The third-order valence-corrected chi connectivity index (χ3v) is 5.86. The maximum atomic E-state index is 12.9. The smallest absolute Gasteiger partial charge is 0.416 e. The van der Waals surface area contributed by atoms with Crippen LogP contribution >= 0.6 is 11.8 Å². The fraction of sp³-hybridized carbons (Fsp3) is 0.474. The summed E-state index contributed by atoms with van der Waals surface area (Å²) in [5.41, 5.74) is -1.23. The van der Waals surface area contributed by atoms with Crippen LogP contribution in [0.1, 0.15) is 22.3 Å². The average Bonchev–Trinajstić information content (AvgIpc) is 2.94. The molecule has 0 radical (unpaired) electrons. The Morgan fingerprint density at radius 1 is 1.25 bits per heavy atom. The molecule has 0 spiro atoms. The van der Waals surface area contributed by atoms with E-state index in [1.807, 2.05) is 0 Å². The topological polar surface area (TPSA) is 125 Å². The molecular formula is C19H20F3N3O6S. The van der Waals surface area contributed by atoms with Crippen LogP contribution in [0.15, 0.2) is 24.3 Å². The van der Waals surface area contributed by atoms with E-state index in [1.54, 1.807) is 0 Å². The van der Waals surface area contributed by atoms with E-state index < -0.39 is 53.8 Å². The summed E-state index contributed by atoms with van der Waals surface area (Å²) >= 11 is 1.34.